The number of rotatable bonds is 10. The van der Waals surface area contributed by atoms with Crippen LogP contribution in [-0.4, -0.2) is 4.98 Å². The van der Waals surface area contributed by atoms with E-state index in [0.29, 0.717) is 12.0 Å². The Morgan fingerprint density at radius 1 is 0.822 bits per heavy atom. The SMILES string of the molecule is CCCCCC1CCC(c2ccc(-c3cc(F)c(C(F)(F)Oc4ccc(-c5ccc(C#N)c(F)c5)c(F)c4)c(F)c3)nc2)CC1. The summed E-state index contributed by atoms with van der Waals surface area (Å²) < 4.78 is 93.4. The van der Waals surface area contributed by atoms with Gasteiger partial charge in [-0.15, -0.1) is 0 Å². The molecule has 1 aromatic heterocycles. The fourth-order valence-electron chi connectivity index (χ4n) is 6.05. The molecule has 0 spiro atoms. The van der Waals surface area contributed by atoms with Crippen LogP contribution in [-0.2, 0) is 6.11 Å². The first-order valence-corrected chi connectivity index (χ1v) is 15.1. The molecule has 0 unspecified atom stereocenters. The van der Waals surface area contributed by atoms with E-state index in [1.807, 2.05) is 6.07 Å². The first-order chi connectivity index (χ1) is 21.6. The summed E-state index contributed by atoms with van der Waals surface area (Å²) in [6, 6.07) is 12.7. The van der Waals surface area contributed by atoms with Gasteiger partial charge in [-0.25, -0.2) is 17.6 Å². The Kier molecular flexibility index (Phi) is 9.81. The minimum absolute atomic E-state index is 0.0132. The van der Waals surface area contributed by atoms with E-state index in [2.05, 4.69) is 16.6 Å². The molecule has 1 heterocycles. The highest BCUT2D eigenvalue weighted by Crippen LogP contribution is 2.40. The quantitative estimate of drug-likeness (QED) is 0.131. The second-order valence-electron chi connectivity index (χ2n) is 11.6. The van der Waals surface area contributed by atoms with Gasteiger partial charge in [-0.2, -0.15) is 14.0 Å². The highest BCUT2D eigenvalue weighted by Gasteiger charge is 2.41. The van der Waals surface area contributed by atoms with Gasteiger partial charge in [0.15, 0.2) is 0 Å². The van der Waals surface area contributed by atoms with E-state index in [1.54, 1.807) is 18.3 Å². The van der Waals surface area contributed by atoms with E-state index in [4.69, 9.17) is 5.26 Å². The molecule has 1 fully saturated rings. The van der Waals surface area contributed by atoms with Crippen LogP contribution in [0.15, 0.2) is 66.9 Å². The number of benzene rings is 3. The Bertz CT molecular complexity index is 1670. The summed E-state index contributed by atoms with van der Waals surface area (Å²) in [4.78, 5) is 4.37. The summed E-state index contributed by atoms with van der Waals surface area (Å²) in [5.74, 6) is -4.60. The van der Waals surface area contributed by atoms with Gasteiger partial charge in [-0.05, 0) is 91.1 Å². The number of hydrogen-bond acceptors (Lipinski definition) is 3. The topological polar surface area (TPSA) is 45.9 Å². The third kappa shape index (κ3) is 7.33. The van der Waals surface area contributed by atoms with Crippen LogP contribution in [0.25, 0.3) is 22.4 Å². The number of halogens is 6. The molecule has 0 N–H and O–H groups in total. The smallest absolute Gasteiger partial charge is 0.429 e. The minimum atomic E-state index is -4.49. The zero-order chi connectivity index (χ0) is 32.1. The molecular weight excluding hydrogens is 590 g/mol. The van der Waals surface area contributed by atoms with Gasteiger partial charge in [0.05, 0.1) is 11.3 Å². The highest BCUT2D eigenvalue weighted by atomic mass is 19.3. The number of nitrogens with zero attached hydrogens (tertiary/aromatic N) is 2. The molecule has 1 aliphatic carbocycles. The summed E-state index contributed by atoms with van der Waals surface area (Å²) >= 11 is 0. The van der Waals surface area contributed by atoms with Crippen LogP contribution >= 0.6 is 0 Å². The molecule has 0 bridgehead atoms. The molecule has 1 aliphatic rings. The van der Waals surface area contributed by atoms with Gasteiger partial charge in [-0.3, -0.25) is 4.98 Å². The first-order valence-electron chi connectivity index (χ1n) is 15.1. The summed E-state index contributed by atoms with van der Waals surface area (Å²) in [6.07, 6.45) is 6.65. The molecule has 234 valence electrons. The summed E-state index contributed by atoms with van der Waals surface area (Å²) in [5.41, 5.74) is -0.695. The van der Waals surface area contributed by atoms with E-state index >= 15 is 17.6 Å². The molecule has 1 saturated carbocycles. The molecule has 0 radical (unpaired) electrons. The van der Waals surface area contributed by atoms with Crippen molar-refractivity contribution in [2.75, 3.05) is 0 Å². The molecule has 0 saturated heterocycles. The van der Waals surface area contributed by atoms with Gasteiger partial charge in [-0.1, -0.05) is 44.7 Å². The second-order valence-corrected chi connectivity index (χ2v) is 11.6. The third-order valence-corrected chi connectivity index (χ3v) is 8.54. The molecule has 3 nitrogen and oxygen atoms in total. The van der Waals surface area contributed by atoms with Gasteiger partial charge in [0.2, 0.25) is 0 Å². The van der Waals surface area contributed by atoms with Crippen molar-refractivity contribution in [3.8, 4) is 34.2 Å². The number of aromatic nitrogens is 1. The zero-order valence-corrected chi connectivity index (χ0v) is 24.7. The maximum absolute atomic E-state index is 15.0. The van der Waals surface area contributed by atoms with Crippen molar-refractivity contribution in [3.05, 3.63) is 107 Å². The Morgan fingerprint density at radius 2 is 1.53 bits per heavy atom. The Labute approximate surface area is 258 Å². The predicted molar refractivity (Wildman–Crippen MR) is 159 cm³/mol. The Morgan fingerprint density at radius 3 is 2.13 bits per heavy atom. The van der Waals surface area contributed by atoms with Crippen molar-refractivity contribution in [2.24, 2.45) is 5.92 Å². The van der Waals surface area contributed by atoms with Crippen LogP contribution in [0.5, 0.6) is 5.75 Å². The molecule has 0 atom stereocenters. The maximum atomic E-state index is 15.0. The van der Waals surface area contributed by atoms with Crippen LogP contribution < -0.4 is 4.74 Å². The minimum Gasteiger partial charge on any atom is -0.429 e. The number of nitriles is 1. The Hall–Kier alpha value is -4.32. The number of alkyl halides is 2. The van der Waals surface area contributed by atoms with Crippen molar-refractivity contribution in [1.82, 2.24) is 4.98 Å². The van der Waals surface area contributed by atoms with Crippen molar-refractivity contribution in [2.45, 2.75) is 70.3 Å². The van der Waals surface area contributed by atoms with Gasteiger partial charge < -0.3 is 4.74 Å². The summed E-state index contributed by atoms with van der Waals surface area (Å²) in [5, 5.41) is 8.86. The number of pyridine rings is 1. The lowest BCUT2D eigenvalue weighted by molar-refractivity contribution is -0.189. The average Bonchev–Trinajstić information content (AvgIpc) is 3.01. The second kappa shape index (κ2) is 13.8. The largest absolute Gasteiger partial charge is 0.432 e. The zero-order valence-electron chi connectivity index (χ0n) is 24.7. The molecule has 45 heavy (non-hydrogen) atoms. The van der Waals surface area contributed by atoms with Gasteiger partial charge in [0.1, 0.15) is 40.7 Å². The number of unbranched alkanes of at least 4 members (excludes halogenated alkanes) is 2. The molecule has 3 aromatic carbocycles. The standard InChI is InChI=1S/C36H32F6N2O/c1-2-3-4-5-22-6-8-23(9-7-22)26-12-15-34(44-21-26)27-17-32(39)35(33(40)18-27)36(41,42)45-28-13-14-29(31(38)19-28)24-10-11-25(20-43)30(37)16-24/h10-19,21-23H,2-9H2,1H3. The maximum Gasteiger partial charge on any atom is 0.432 e. The van der Waals surface area contributed by atoms with Crippen molar-refractivity contribution in [3.63, 3.8) is 0 Å². The number of ether oxygens (including phenoxy) is 1. The van der Waals surface area contributed by atoms with E-state index in [1.165, 1.54) is 31.7 Å². The average molecular weight is 623 g/mol. The first kappa shape index (κ1) is 32.1. The fraction of sp³-hybridized carbons (Fsp3) is 0.333. The fourth-order valence-corrected chi connectivity index (χ4v) is 6.05. The lowest BCUT2D eigenvalue weighted by Crippen LogP contribution is -2.25. The molecule has 5 rings (SSSR count). The van der Waals surface area contributed by atoms with Crippen LogP contribution in [0.4, 0.5) is 26.3 Å². The van der Waals surface area contributed by atoms with E-state index in [0.717, 1.165) is 73.6 Å². The van der Waals surface area contributed by atoms with E-state index < -0.39 is 40.7 Å². The normalized spacial score (nSPS) is 16.8. The molecular formula is C36H32F6N2O. The highest BCUT2D eigenvalue weighted by molar-refractivity contribution is 5.66. The van der Waals surface area contributed by atoms with Crippen LogP contribution in [0.2, 0.25) is 0 Å². The van der Waals surface area contributed by atoms with Crippen LogP contribution in [0.1, 0.15) is 80.9 Å². The van der Waals surface area contributed by atoms with Crippen molar-refractivity contribution in [1.29, 1.82) is 5.26 Å². The van der Waals surface area contributed by atoms with Crippen LogP contribution in [0.3, 0.4) is 0 Å². The monoisotopic (exact) mass is 622 g/mol. The van der Waals surface area contributed by atoms with Crippen molar-refractivity contribution < 1.29 is 31.1 Å². The predicted octanol–water partition coefficient (Wildman–Crippen LogP) is 10.8. The van der Waals surface area contributed by atoms with E-state index in [9.17, 15) is 8.78 Å². The molecule has 0 aliphatic heterocycles. The van der Waals surface area contributed by atoms with Gasteiger partial charge >= 0.3 is 6.11 Å². The van der Waals surface area contributed by atoms with Gasteiger partial charge in [0.25, 0.3) is 0 Å². The lowest BCUT2D eigenvalue weighted by atomic mass is 9.77. The third-order valence-electron chi connectivity index (χ3n) is 8.54. The summed E-state index contributed by atoms with van der Waals surface area (Å²) in [6.45, 7) is 2.20. The van der Waals surface area contributed by atoms with E-state index in [-0.39, 0.29) is 27.9 Å². The summed E-state index contributed by atoms with van der Waals surface area (Å²) in [7, 11) is 0. The van der Waals surface area contributed by atoms with Crippen LogP contribution in [0, 0.1) is 40.5 Å². The van der Waals surface area contributed by atoms with Gasteiger partial charge in [0, 0.05) is 23.4 Å². The molecule has 9 heteroatoms. The Balaban J connectivity index is 1.28. The number of hydrogen-bond donors (Lipinski definition) is 0. The lowest BCUT2D eigenvalue weighted by Gasteiger charge is -2.28. The molecule has 4 aromatic rings. The molecule has 0 amide bonds. The van der Waals surface area contributed by atoms with Crippen molar-refractivity contribution >= 4 is 0 Å².